The summed E-state index contributed by atoms with van der Waals surface area (Å²) in [5, 5.41) is 4.19. The second kappa shape index (κ2) is 51.2. The predicted molar refractivity (Wildman–Crippen MR) is 561 cm³/mol. The van der Waals surface area contributed by atoms with E-state index in [2.05, 4.69) is 306 Å². The summed E-state index contributed by atoms with van der Waals surface area (Å²) in [5.74, 6) is 3.22. The number of fused-ring (bicyclic) bond motifs is 8. The van der Waals surface area contributed by atoms with Gasteiger partial charge in [0.05, 0.1) is 23.5 Å². The Balaban J connectivity index is 0.000000193. The number of benzene rings is 5. The SMILES string of the molecule is Brc1ccc(Br)c2nsnc12.CCCCC(CC)CC1(CC(CC)CCCC)c2c[c]([Sn]([CH2]CCC)([CH2]CCC)[CH2]CCC)sc2-c2s[c]([Sn]([CH2]CCC)([CH2]CCC)[CH2]CCC)cc21.CCCCC(CC)CC1(CC(CC)CCCC)c2cc(C)sc2-c2sc(-c3ccc(C)c4nsnc34)cc21.c1ccc(P(c2ccccc2)c2ccccc2)cc1. The topological polar surface area (TPSA) is 51.6 Å². The van der Waals surface area contributed by atoms with Gasteiger partial charge in [0.2, 0.25) is 0 Å². The van der Waals surface area contributed by atoms with Gasteiger partial charge in [-0.25, -0.2) is 0 Å². The van der Waals surface area contributed by atoms with Gasteiger partial charge in [-0.15, -0.1) is 22.7 Å². The van der Waals surface area contributed by atoms with Crippen molar-refractivity contribution >= 4 is 189 Å². The molecule has 5 aromatic carbocycles. The second-order valence-electron chi connectivity index (χ2n) is 36.2. The molecule has 6 heterocycles. The zero-order valence-corrected chi connectivity index (χ0v) is 92.1. The third kappa shape index (κ3) is 25.2. The number of unbranched alkanes of at least 4 members (excludes halogenated alkanes) is 10. The van der Waals surface area contributed by atoms with Crippen molar-refractivity contribution in [2.24, 2.45) is 23.7 Å². The van der Waals surface area contributed by atoms with Crippen LogP contribution in [0, 0.1) is 37.5 Å². The Morgan fingerprint density at radius 3 is 0.975 bits per heavy atom. The Bertz CT molecular complexity index is 4520. The van der Waals surface area contributed by atoms with Crippen LogP contribution in [0.2, 0.25) is 26.6 Å². The minimum Gasteiger partial charge on any atom is -0.173 e. The van der Waals surface area contributed by atoms with E-state index >= 15 is 0 Å². The molecule has 0 aliphatic heterocycles. The van der Waals surface area contributed by atoms with Crippen LogP contribution in [0.25, 0.3) is 52.0 Å². The molecule has 2 aliphatic carbocycles. The zero-order valence-electron chi connectivity index (χ0n) is 77.4. The molecule has 2 aliphatic rings. The van der Waals surface area contributed by atoms with Crippen molar-refractivity contribution in [1.29, 1.82) is 0 Å². The number of hydrogen-bond acceptors (Lipinski definition) is 10. The number of aromatic nitrogens is 4. The van der Waals surface area contributed by atoms with Gasteiger partial charge in [-0.3, -0.25) is 0 Å². The maximum Gasteiger partial charge on any atom is 0.113 e. The third-order valence-electron chi connectivity index (χ3n) is 27.6. The van der Waals surface area contributed by atoms with E-state index in [1.165, 1.54) is 266 Å². The molecule has 0 amide bonds. The minimum atomic E-state index is -2.60. The quantitative estimate of drug-likeness (QED) is 0.0282. The van der Waals surface area contributed by atoms with E-state index < -0.39 is 44.7 Å². The standard InChI is InChI=1S/C33H44N2S3.C25H36S2.C18H15P.C6H2Br2N2S.6C4H9.2Sn/c1-7-11-13-23(9-3)19-33(20-24(10-4)14-12-8-2)26-17-22(6)36-31(26)32-27(33)18-28(37-32)25-16-15-21(5)29-30(25)35-38-34-29;1-5-9-11-19(7-3)17-25(18-20(8-4)12-10-6-2)21-13-15-26-23(21)24-22(25)14-16-27-24;1-4-10-16(11-5-1)19(17-12-6-2-7-13-17)18-14-8-3-9-15-18;7-3-1-2-4(8)6-5(3)9-11-10-6;6*1-3-4-2;;/h15-18,23-24H,7-14,19-20H2,1-6H3;13-14,19-20H,5-12,17-18H2,1-4H3;1-15H;1-2H;6*1,3-4H2,2H3;;. The van der Waals surface area contributed by atoms with Crippen molar-refractivity contribution in [2.45, 2.75) is 354 Å². The Labute approximate surface area is 786 Å². The molecule has 0 saturated heterocycles. The maximum atomic E-state index is 4.75. The van der Waals surface area contributed by atoms with Gasteiger partial charge < -0.3 is 0 Å². The molecule has 13 rings (SSSR count). The molecule has 15 heteroatoms. The van der Waals surface area contributed by atoms with E-state index in [4.69, 9.17) is 4.37 Å². The third-order valence-corrected chi connectivity index (χ3v) is 73.6. The van der Waals surface area contributed by atoms with Gasteiger partial charge in [0.1, 0.15) is 22.1 Å². The van der Waals surface area contributed by atoms with Gasteiger partial charge in [0, 0.05) is 39.4 Å². The van der Waals surface area contributed by atoms with Gasteiger partial charge >= 0.3 is 353 Å². The van der Waals surface area contributed by atoms with Crippen molar-refractivity contribution in [3.8, 4) is 29.9 Å². The Hall–Kier alpha value is -2.47. The van der Waals surface area contributed by atoms with Gasteiger partial charge in [-0.2, -0.15) is 17.5 Å². The first kappa shape index (κ1) is 101. The number of thiophene rings is 4. The summed E-state index contributed by atoms with van der Waals surface area (Å²) in [6.45, 7) is 38.7. The van der Waals surface area contributed by atoms with E-state index in [1.54, 1.807) is 47.5 Å². The van der Waals surface area contributed by atoms with Crippen molar-refractivity contribution < 1.29 is 0 Å². The van der Waals surface area contributed by atoms with Crippen molar-refractivity contribution in [1.82, 2.24) is 17.5 Å². The molecular weight excluding hydrogens is 1950 g/mol. The Morgan fingerprint density at radius 1 is 0.331 bits per heavy atom. The fraction of sp³-hybridized carbons (Fsp3) is 0.566. The number of rotatable bonds is 48. The number of nitrogens with zero attached hydrogens (tertiary/aromatic N) is 4. The summed E-state index contributed by atoms with van der Waals surface area (Å²) >= 11 is 13.1. The minimum absolute atomic E-state index is 0.136. The monoisotopic (exact) mass is 2100 g/mol. The first-order valence-electron chi connectivity index (χ1n) is 48.3. The fourth-order valence-corrected chi connectivity index (χ4v) is 68.3. The van der Waals surface area contributed by atoms with E-state index in [0.29, 0.717) is 0 Å². The second-order valence-corrected chi connectivity index (χ2v) is 73.9. The molecule has 4 atom stereocenters. The average Bonchev–Trinajstić information content (AvgIpc) is 1.50. The van der Waals surface area contributed by atoms with Crippen molar-refractivity contribution in [2.75, 3.05) is 0 Å². The first-order valence-corrected chi connectivity index (χ1v) is 70.9. The van der Waals surface area contributed by atoms with E-state index in [0.717, 1.165) is 54.7 Å². The van der Waals surface area contributed by atoms with Crippen molar-refractivity contribution in [3.63, 3.8) is 0 Å². The summed E-state index contributed by atoms with van der Waals surface area (Å²) in [7, 11) is -0.446. The molecule has 4 nitrogen and oxygen atoms in total. The molecule has 121 heavy (non-hydrogen) atoms. The first-order chi connectivity index (χ1) is 59.0. The molecule has 4 unspecified atom stereocenters. The molecule has 0 spiro atoms. The molecule has 0 bridgehead atoms. The number of halogens is 2. The van der Waals surface area contributed by atoms with Crippen LogP contribution in [0.5, 0.6) is 0 Å². The molecule has 11 aromatic rings. The molecule has 0 fully saturated rings. The molecule has 0 radical (unpaired) electrons. The van der Waals surface area contributed by atoms with Crippen molar-refractivity contribution in [3.05, 3.63) is 181 Å². The summed E-state index contributed by atoms with van der Waals surface area (Å²) in [6, 6.07) is 52.0. The Morgan fingerprint density at radius 2 is 0.636 bits per heavy atom. The van der Waals surface area contributed by atoms with Gasteiger partial charge in [0.15, 0.2) is 0 Å². The number of aryl methyl sites for hydroxylation is 2. The van der Waals surface area contributed by atoms with E-state index in [1.807, 2.05) is 61.5 Å². The smallest absolute Gasteiger partial charge is 0.113 e. The van der Waals surface area contributed by atoms with E-state index in [-0.39, 0.29) is 10.8 Å². The zero-order chi connectivity index (χ0) is 86.4. The molecule has 0 N–H and O–H groups in total. The average molecular weight is 2100 g/mol. The van der Waals surface area contributed by atoms with Gasteiger partial charge in [-0.05, 0) is 135 Å². The van der Waals surface area contributed by atoms with Crippen LogP contribution in [0.4, 0.5) is 0 Å². The summed E-state index contributed by atoms with van der Waals surface area (Å²) in [6.07, 6.45) is 44.1. The van der Waals surface area contributed by atoms with Gasteiger partial charge in [0.25, 0.3) is 0 Å². The van der Waals surface area contributed by atoms with Crippen LogP contribution in [-0.4, -0.2) is 54.2 Å². The van der Waals surface area contributed by atoms with Crippen LogP contribution in [0.1, 0.15) is 335 Å². The Kier molecular flexibility index (Phi) is 42.6. The van der Waals surface area contributed by atoms with Crippen LogP contribution in [-0.2, 0) is 10.8 Å². The number of hydrogen-bond donors (Lipinski definition) is 0. The molecular formula is C106H151Br2N4PS6Sn2. The fourth-order valence-electron chi connectivity index (χ4n) is 20.3. The van der Waals surface area contributed by atoms with Gasteiger partial charge in [-0.1, -0.05) is 182 Å². The molecule has 658 valence electrons. The summed E-state index contributed by atoms with van der Waals surface area (Å²) in [5.41, 5.74) is 13.9. The summed E-state index contributed by atoms with van der Waals surface area (Å²) in [4.78, 5) is 9.59. The summed E-state index contributed by atoms with van der Waals surface area (Å²) < 4.78 is 33.3. The van der Waals surface area contributed by atoms with Crippen LogP contribution < -0.4 is 21.7 Å². The molecule has 6 aromatic heterocycles. The predicted octanol–water partition coefficient (Wildman–Crippen LogP) is 35.6. The van der Waals surface area contributed by atoms with E-state index in [9.17, 15) is 0 Å². The maximum absolute atomic E-state index is 4.75. The van der Waals surface area contributed by atoms with Crippen LogP contribution in [0.3, 0.4) is 0 Å². The van der Waals surface area contributed by atoms with Crippen LogP contribution in [0.15, 0.2) is 148 Å². The normalized spacial score (nSPS) is 15.0. The van der Waals surface area contributed by atoms with Crippen LogP contribution >= 0.6 is 109 Å². The molecule has 0 saturated carbocycles. The largest absolute Gasteiger partial charge is 0.173 e.